The van der Waals surface area contributed by atoms with E-state index in [-0.39, 0.29) is 29.8 Å². The molecule has 1 fully saturated rings. The molecule has 19 heavy (non-hydrogen) atoms. The van der Waals surface area contributed by atoms with Gasteiger partial charge in [-0.2, -0.15) is 0 Å². The monoisotopic (exact) mass is 290 g/mol. The normalized spacial score (nSPS) is 19.8. The van der Waals surface area contributed by atoms with Gasteiger partial charge in [-0.25, -0.2) is 0 Å². The number of nitrogens with zero attached hydrogens (tertiary/aromatic N) is 1. The molecule has 3 nitrogen and oxygen atoms in total. The highest BCUT2D eigenvalue weighted by Gasteiger charge is 2.35. The second-order valence-corrected chi connectivity index (χ2v) is 7.81. The van der Waals surface area contributed by atoms with Gasteiger partial charge in [-0.05, 0) is 29.6 Å². The van der Waals surface area contributed by atoms with Crippen LogP contribution in [0.25, 0.3) is 0 Å². The fourth-order valence-electron chi connectivity index (χ4n) is 2.53. The lowest BCUT2D eigenvalue weighted by molar-refractivity contribution is -0.136. The Kier molecular flexibility index (Phi) is 6.35. The van der Waals surface area contributed by atoms with Crippen molar-refractivity contribution < 1.29 is 4.79 Å². The average molecular weight is 291 g/mol. The Morgan fingerprint density at radius 2 is 1.53 bits per heavy atom. The van der Waals surface area contributed by atoms with Gasteiger partial charge in [-0.15, -0.1) is 12.4 Å². The maximum Gasteiger partial charge on any atom is 0.240 e. The molecule has 0 unspecified atom stereocenters. The summed E-state index contributed by atoms with van der Waals surface area (Å²) < 4.78 is 0. The number of amides is 1. The molecule has 0 aliphatic carbocycles. The first-order valence-corrected chi connectivity index (χ1v) is 7.08. The van der Waals surface area contributed by atoms with Gasteiger partial charge in [0.05, 0.1) is 6.04 Å². The summed E-state index contributed by atoms with van der Waals surface area (Å²) in [5, 5.41) is 0. The minimum atomic E-state index is -0.385. The van der Waals surface area contributed by atoms with E-state index in [2.05, 4.69) is 20.8 Å². The number of carbonyl (C=O) groups excluding carboxylic acids is 1. The van der Waals surface area contributed by atoms with Crippen molar-refractivity contribution in [3.05, 3.63) is 0 Å². The summed E-state index contributed by atoms with van der Waals surface area (Å²) in [7, 11) is 0. The number of carbonyl (C=O) groups is 1. The van der Waals surface area contributed by atoms with Crippen LogP contribution >= 0.6 is 12.4 Å². The minimum absolute atomic E-state index is 0. The quantitative estimate of drug-likeness (QED) is 0.807. The first kappa shape index (κ1) is 18.7. The van der Waals surface area contributed by atoms with Crippen molar-refractivity contribution in [1.82, 2.24) is 4.90 Å². The number of piperidine rings is 1. The predicted octanol–water partition coefficient (Wildman–Crippen LogP) is 3.07. The van der Waals surface area contributed by atoms with Crippen LogP contribution in [0.15, 0.2) is 0 Å². The van der Waals surface area contributed by atoms with Gasteiger partial charge in [0.2, 0.25) is 5.91 Å². The topological polar surface area (TPSA) is 46.3 Å². The molecule has 1 rings (SSSR count). The van der Waals surface area contributed by atoms with Crippen molar-refractivity contribution >= 4 is 18.3 Å². The van der Waals surface area contributed by atoms with E-state index >= 15 is 0 Å². The molecule has 0 spiro atoms. The van der Waals surface area contributed by atoms with Crippen molar-refractivity contribution in [2.45, 2.75) is 60.4 Å². The first-order valence-electron chi connectivity index (χ1n) is 7.08. The van der Waals surface area contributed by atoms with Gasteiger partial charge in [-0.1, -0.05) is 41.5 Å². The van der Waals surface area contributed by atoms with E-state index in [0.717, 1.165) is 25.9 Å². The Hall–Kier alpha value is -0.280. The summed E-state index contributed by atoms with van der Waals surface area (Å²) in [6, 6.07) is -0.385. The maximum absolute atomic E-state index is 12.3. The van der Waals surface area contributed by atoms with E-state index in [1.54, 1.807) is 0 Å². The van der Waals surface area contributed by atoms with Gasteiger partial charge < -0.3 is 10.6 Å². The summed E-state index contributed by atoms with van der Waals surface area (Å²) in [5.74, 6) is 0.835. The largest absolute Gasteiger partial charge is 0.341 e. The van der Waals surface area contributed by atoms with Gasteiger partial charge in [0.25, 0.3) is 0 Å². The number of rotatable bonds is 1. The van der Waals surface area contributed by atoms with E-state index in [9.17, 15) is 4.79 Å². The molecular weight excluding hydrogens is 260 g/mol. The summed E-state index contributed by atoms with van der Waals surface area (Å²) in [6.45, 7) is 14.7. The van der Waals surface area contributed by atoms with Crippen LogP contribution in [0.4, 0.5) is 0 Å². The van der Waals surface area contributed by atoms with Crippen LogP contribution in [-0.4, -0.2) is 29.9 Å². The zero-order valence-corrected chi connectivity index (χ0v) is 14.1. The third-order valence-corrected chi connectivity index (χ3v) is 4.23. The van der Waals surface area contributed by atoms with Crippen molar-refractivity contribution in [1.29, 1.82) is 0 Å². The molecular formula is C15H31ClN2O. The molecule has 0 aromatic rings. The number of hydrogen-bond acceptors (Lipinski definition) is 2. The smallest absolute Gasteiger partial charge is 0.240 e. The Morgan fingerprint density at radius 1 is 1.11 bits per heavy atom. The Balaban J connectivity index is 0.00000324. The fraction of sp³-hybridized carbons (Fsp3) is 0.933. The van der Waals surface area contributed by atoms with Gasteiger partial charge >= 0.3 is 0 Å². The molecule has 1 aliphatic heterocycles. The minimum Gasteiger partial charge on any atom is -0.341 e. The van der Waals surface area contributed by atoms with E-state index < -0.39 is 0 Å². The van der Waals surface area contributed by atoms with Gasteiger partial charge in [0.1, 0.15) is 0 Å². The van der Waals surface area contributed by atoms with E-state index in [0.29, 0.717) is 11.3 Å². The van der Waals surface area contributed by atoms with E-state index in [1.165, 1.54) is 0 Å². The lowest BCUT2D eigenvalue weighted by Gasteiger charge is -2.40. The van der Waals surface area contributed by atoms with Crippen LogP contribution in [0.2, 0.25) is 0 Å². The molecule has 1 aliphatic rings. The lowest BCUT2D eigenvalue weighted by atomic mass is 9.75. The zero-order valence-electron chi connectivity index (χ0n) is 13.3. The summed E-state index contributed by atoms with van der Waals surface area (Å²) >= 11 is 0. The molecule has 114 valence electrons. The second-order valence-electron chi connectivity index (χ2n) is 7.81. The molecule has 0 radical (unpaired) electrons. The third-order valence-electron chi connectivity index (χ3n) is 4.23. The highest BCUT2D eigenvalue weighted by molar-refractivity contribution is 5.85. The molecule has 0 aromatic heterocycles. The molecule has 1 amide bonds. The lowest BCUT2D eigenvalue weighted by Crippen LogP contribution is -2.53. The number of likely N-dealkylation sites (tertiary alicyclic amines) is 1. The van der Waals surface area contributed by atoms with Crippen LogP contribution in [-0.2, 0) is 4.79 Å². The average Bonchev–Trinajstić information content (AvgIpc) is 2.25. The molecule has 4 heteroatoms. The Morgan fingerprint density at radius 3 is 1.84 bits per heavy atom. The summed E-state index contributed by atoms with van der Waals surface area (Å²) in [5.41, 5.74) is 6.25. The highest BCUT2D eigenvalue weighted by Crippen LogP contribution is 2.34. The third kappa shape index (κ3) is 4.96. The number of nitrogens with two attached hydrogens (primary N) is 1. The highest BCUT2D eigenvalue weighted by atomic mass is 35.5. The number of halogens is 1. The molecule has 2 N–H and O–H groups in total. The van der Waals surface area contributed by atoms with Crippen LogP contribution in [0, 0.1) is 16.7 Å². The first-order chi connectivity index (χ1) is 8.03. The Bertz CT molecular complexity index is 296. The molecule has 0 saturated carbocycles. The van der Waals surface area contributed by atoms with E-state index in [4.69, 9.17) is 5.73 Å². The number of hydrogen-bond donors (Lipinski definition) is 1. The summed E-state index contributed by atoms with van der Waals surface area (Å²) in [6.07, 6.45) is 2.21. The van der Waals surface area contributed by atoms with Crippen LogP contribution < -0.4 is 5.73 Å². The maximum atomic E-state index is 12.3. The molecule has 1 heterocycles. The SMILES string of the molecule is CC(C)(C)C1CCN(C(=O)[C@@H](N)C(C)(C)C)CC1.Cl. The van der Waals surface area contributed by atoms with Crippen molar-refractivity contribution in [3.8, 4) is 0 Å². The fourth-order valence-corrected chi connectivity index (χ4v) is 2.53. The van der Waals surface area contributed by atoms with Gasteiger partial charge in [-0.3, -0.25) is 4.79 Å². The van der Waals surface area contributed by atoms with Crippen LogP contribution in [0.1, 0.15) is 54.4 Å². The van der Waals surface area contributed by atoms with Crippen LogP contribution in [0.3, 0.4) is 0 Å². The van der Waals surface area contributed by atoms with Crippen LogP contribution in [0.5, 0.6) is 0 Å². The zero-order chi connectivity index (χ0) is 14.1. The summed E-state index contributed by atoms with van der Waals surface area (Å²) in [4.78, 5) is 14.3. The molecule has 1 atom stereocenters. The van der Waals surface area contributed by atoms with Crippen molar-refractivity contribution in [3.63, 3.8) is 0 Å². The standard InChI is InChI=1S/C15H30N2O.ClH/c1-14(2,3)11-7-9-17(10-8-11)13(18)12(16)15(4,5)6;/h11-12H,7-10,16H2,1-6H3;1H/t12-;/m1./s1. The van der Waals surface area contributed by atoms with Crippen molar-refractivity contribution in [2.75, 3.05) is 13.1 Å². The second kappa shape index (κ2) is 6.45. The van der Waals surface area contributed by atoms with Crippen molar-refractivity contribution in [2.24, 2.45) is 22.5 Å². The van der Waals surface area contributed by atoms with E-state index in [1.807, 2.05) is 25.7 Å². The molecule has 0 bridgehead atoms. The predicted molar refractivity (Wildman–Crippen MR) is 83.4 cm³/mol. The van der Waals surface area contributed by atoms with Gasteiger partial charge in [0, 0.05) is 13.1 Å². The molecule has 1 saturated heterocycles. The Labute approximate surface area is 124 Å². The van der Waals surface area contributed by atoms with Gasteiger partial charge in [0.15, 0.2) is 0 Å². The molecule has 0 aromatic carbocycles.